The lowest BCUT2D eigenvalue weighted by Gasteiger charge is -2.28. The molecule has 4 nitrogen and oxygen atoms in total. The molecule has 2 N–H and O–H groups in total. The molecule has 0 radical (unpaired) electrons. The van der Waals surface area contributed by atoms with E-state index < -0.39 is 0 Å². The van der Waals surface area contributed by atoms with E-state index in [1.165, 1.54) is 0 Å². The zero-order valence-corrected chi connectivity index (χ0v) is 15.2. The van der Waals surface area contributed by atoms with Crippen LogP contribution in [0.3, 0.4) is 0 Å². The van der Waals surface area contributed by atoms with Crippen molar-refractivity contribution in [1.82, 2.24) is 15.6 Å². The van der Waals surface area contributed by atoms with Gasteiger partial charge in [-0.3, -0.25) is 4.79 Å². The number of piperidine rings is 1. The molecule has 1 fully saturated rings. The molecular weight excluding hydrogens is 329 g/mol. The van der Waals surface area contributed by atoms with Gasteiger partial charge in [-0.05, 0) is 32.2 Å². The maximum atomic E-state index is 12.1. The summed E-state index contributed by atoms with van der Waals surface area (Å²) in [5.41, 5.74) is 0.576. The van der Waals surface area contributed by atoms with Crippen LogP contribution in [0.5, 0.6) is 0 Å². The number of aromatic nitrogens is 1. The maximum Gasteiger partial charge on any atom is 0.270 e. The van der Waals surface area contributed by atoms with Crippen molar-refractivity contribution in [3.63, 3.8) is 0 Å². The van der Waals surface area contributed by atoms with Gasteiger partial charge < -0.3 is 10.6 Å². The highest BCUT2D eigenvalue weighted by Crippen LogP contribution is 2.15. The van der Waals surface area contributed by atoms with Gasteiger partial charge in [-0.25, -0.2) is 4.98 Å². The molecule has 1 aromatic heterocycles. The van der Waals surface area contributed by atoms with Gasteiger partial charge >= 0.3 is 0 Å². The summed E-state index contributed by atoms with van der Waals surface area (Å²) in [6, 6.07) is 0.755. The molecule has 7 heteroatoms. The minimum Gasteiger partial charge on any atom is -0.348 e. The van der Waals surface area contributed by atoms with Crippen LogP contribution in [0.1, 0.15) is 49.1 Å². The van der Waals surface area contributed by atoms with Gasteiger partial charge in [0.2, 0.25) is 0 Å². The third-order valence-electron chi connectivity index (χ3n) is 3.33. The standard InChI is InChI=1S/C14H23N3OS.2ClH/c1-9(2)6-13-17-12(8-19-13)14(18)16-11-4-5-15-10(3)7-11;;/h8-11,15H,4-7H2,1-3H3,(H,16,18);2*1H. The first kappa shape index (κ1) is 20.6. The van der Waals surface area contributed by atoms with Crippen molar-refractivity contribution in [2.45, 2.75) is 52.1 Å². The fourth-order valence-corrected chi connectivity index (χ4v) is 3.37. The predicted molar refractivity (Wildman–Crippen MR) is 93.1 cm³/mol. The molecule has 21 heavy (non-hydrogen) atoms. The zero-order valence-electron chi connectivity index (χ0n) is 12.7. The van der Waals surface area contributed by atoms with E-state index in [1.807, 2.05) is 5.38 Å². The Labute approximate surface area is 143 Å². The van der Waals surface area contributed by atoms with Crippen molar-refractivity contribution in [3.05, 3.63) is 16.1 Å². The maximum absolute atomic E-state index is 12.1. The van der Waals surface area contributed by atoms with Crippen LogP contribution in [0.2, 0.25) is 0 Å². The summed E-state index contributed by atoms with van der Waals surface area (Å²) in [6.07, 6.45) is 2.94. The number of nitrogens with zero attached hydrogens (tertiary/aromatic N) is 1. The average molecular weight is 354 g/mol. The van der Waals surface area contributed by atoms with Crippen LogP contribution in [0.4, 0.5) is 0 Å². The molecule has 0 saturated carbocycles. The molecular formula is C14H25Cl2N3OS. The van der Waals surface area contributed by atoms with Gasteiger partial charge in [0.1, 0.15) is 5.69 Å². The summed E-state index contributed by atoms with van der Waals surface area (Å²) in [6.45, 7) is 7.46. The number of thiazole rings is 1. The van der Waals surface area contributed by atoms with Gasteiger partial charge in [0.25, 0.3) is 5.91 Å². The van der Waals surface area contributed by atoms with E-state index in [4.69, 9.17) is 0 Å². The van der Waals surface area contributed by atoms with Crippen LogP contribution < -0.4 is 10.6 Å². The topological polar surface area (TPSA) is 54.0 Å². The second-order valence-corrected chi connectivity index (χ2v) is 6.72. The molecule has 0 aromatic carbocycles. The Morgan fingerprint density at radius 1 is 1.52 bits per heavy atom. The first-order valence-corrected chi connectivity index (χ1v) is 7.91. The quantitative estimate of drug-likeness (QED) is 0.874. The van der Waals surface area contributed by atoms with Crippen LogP contribution in [0.15, 0.2) is 5.38 Å². The minimum absolute atomic E-state index is 0. The molecule has 1 aliphatic rings. The highest BCUT2D eigenvalue weighted by molar-refractivity contribution is 7.09. The van der Waals surface area contributed by atoms with Crippen molar-refractivity contribution in [1.29, 1.82) is 0 Å². The molecule has 0 spiro atoms. The van der Waals surface area contributed by atoms with E-state index in [0.29, 0.717) is 17.7 Å². The SMILES string of the molecule is CC(C)Cc1nc(C(=O)NC2CCNC(C)C2)cs1.Cl.Cl. The largest absolute Gasteiger partial charge is 0.348 e. The summed E-state index contributed by atoms with van der Waals surface area (Å²) >= 11 is 1.58. The third-order valence-corrected chi connectivity index (χ3v) is 4.20. The molecule has 1 amide bonds. The number of amides is 1. The van der Waals surface area contributed by atoms with Crippen molar-refractivity contribution >= 4 is 42.1 Å². The van der Waals surface area contributed by atoms with E-state index >= 15 is 0 Å². The first-order chi connectivity index (χ1) is 9.04. The van der Waals surface area contributed by atoms with Gasteiger partial charge in [-0.15, -0.1) is 36.2 Å². The smallest absolute Gasteiger partial charge is 0.270 e. The molecule has 0 bridgehead atoms. The molecule has 122 valence electrons. The lowest BCUT2D eigenvalue weighted by molar-refractivity contribution is 0.0921. The summed E-state index contributed by atoms with van der Waals surface area (Å²) in [7, 11) is 0. The lowest BCUT2D eigenvalue weighted by atomic mass is 10.0. The Balaban J connectivity index is 0.00000200. The van der Waals surface area contributed by atoms with Crippen molar-refractivity contribution in [3.8, 4) is 0 Å². The predicted octanol–water partition coefficient (Wildman–Crippen LogP) is 3.06. The summed E-state index contributed by atoms with van der Waals surface area (Å²) in [5, 5.41) is 9.41. The van der Waals surface area contributed by atoms with Gasteiger partial charge in [0.15, 0.2) is 0 Å². The molecule has 0 aliphatic carbocycles. The van der Waals surface area contributed by atoms with E-state index in [1.54, 1.807) is 11.3 Å². The Morgan fingerprint density at radius 2 is 2.24 bits per heavy atom. The van der Waals surface area contributed by atoms with Crippen LogP contribution in [0.25, 0.3) is 0 Å². The van der Waals surface area contributed by atoms with Gasteiger partial charge in [-0.2, -0.15) is 0 Å². The third kappa shape index (κ3) is 6.51. The average Bonchev–Trinajstić information content (AvgIpc) is 2.76. The fourth-order valence-electron chi connectivity index (χ4n) is 2.38. The summed E-state index contributed by atoms with van der Waals surface area (Å²) < 4.78 is 0. The Kier molecular flexibility index (Phi) is 9.45. The Morgan fingerprint density at radius 3 is 2.86 bits per heavy atom. The van der Waals surface area contributed by atoms with E-state index in [2.05, 4.69) is 36.4 Å². The lowest BCUT2D eigenvalue weighted by Crippen LogP contribution is -2.46. The van der Waals surface area contributed by atoms with E-state index in [9.17, 15) is 4.79 Å². The Hall–Kier alpha value is -0.360. The van der Waals surface area contributed by atoms with Crippen molar-refractivity contribution in [2.24, 2.45) is 5.92 Å². The number of nitrogens with one attached hydrogen (secondary N) is 2. The normalized spacial score (nSPS) is 21.3. The van der Waals surface area contributed by atoms with E-state index in [0.717, 1.165) is 30.8 Å². The van der Waals surface area contributed by atoms with Gasteiger partial charge in [-0.1, -0.05) is 13.8 Å². The number of hydrogen-bond donors (Lipinski definition) is 2. The van der Waals surface area contributed by atoms with Crippen LogP contribution >= 0.6 is 36.2 Å². The number of rotatable bonds is 4. The molecule has 2 atom stereocenters. The van der Waals surface area contributed by atoms with Crippen LogP contribution in [-0.4, -0.2) is 29.5 Å². The second kappa shape index (κ2) is 9.62. The Bertz CT molecular complexity index is 440. The number of halogens is 2. The first-order valence-electron chi connectivity index (χ1n) is 7.03. The zero-order chi connectivity index (χ0) is 13.8. The molecule has 1 aliphatic heterocycles. The number of carbonyl (C=O) groups is 1. The highest BCUT2D eigenvalue weighted by Gasteiger charge is 2.21. The summed E-state index contributed by atoms with van der Waals surface area (Å²) in [5.74, 6) is 0.553. The molecule has 2 rings (SSSR count). The number of carbonyl (C=O) groups excluding carboxylic acids is 1. The van der Waals surface area contributed by atoms with Gasteiger partial charge in [0.05, 0.1) is 5.01 Å². The number of hydrogen-bond acceptors (Lipinski definition) is 4. The van der Waals surface area contributed by atoms with Crippen LogP contribution in [-0.2, 0) is 6.42 Å². The van der Waals surface area contributed by atoms with Gasteiger partial charge in [0, 0.05) is 23.9 Å². The molecule has 1 aromatic rings. The van der Waals surface area contributed by atoms with Crippen molar-refractivity contribution in [2.75, 3.05) is 6.54 Å². The minimum atomic E-state index is -0.0228. The van der Waals surface area contributed by atoms with Crippen molar-refractivity contribution < 1.29 is 4.79 Å². The summed E-state index contributed by atoms with van der Waals surface area (Å²) in [4.78, 5) is 16.6. The highest BCUT2D eigenvalue weighted by atomic mass is 35.5. The fraction of sp³-hybridized carbons (Fsp3) is 0.714. The van der Waals surface area contributed by atoms with E-state index in [-0.39, 0.29) is 36.8 Å². The molecule has 2 heterocycles. The second-order valence-electron chi connectivity index (χ2n) is 5.77. The molecule has 1 saturated heterocycles. The monoisotopic (exact) mass is 353 g/mol. The van der Waals surface area contributed by atoms with Crippen LogP contribution in [0, 0.1) is 5.92 Å². The molecule has 2 unspecified atom stereocenters.